The quantitative estimate of drug-likeness (QED) is 0.252. The first-order valence-electron chi connectivity index (χ1n) is 10.5. The molecule has 0 spiro atoms. The van der Waals surface area contributed by atoms with Gasteiger partial charge in [0, 0.05) is 53.0 Å². The third-order valence-electron chi connectivity index (χ3n) is 5.74. The first-order valence-corrected chi connectivity index (χ1v) is 10.5. The molecule has 32 heavy (non-hydrogen) atoms. The van der Waals surface area contributed by atoms with E-state index in [1.165, 1.54) is 19.4 Å². The maximum atomic E-state index is 13.7. The lowest BCUT2D eigenvalue weighted by molar-refractivity contribution is -0.272. The minimum absolute atomic E-state index is 0. The SMILES string of the molecule is CCNC(=NCC1(C(=O)N(C)C)CCCC1)NCCC(O)(c1nccn1C)C(F)(F)F.I. The third kappa shape index (κ3) is 6.27. The average molecular weight is 574 g/mol. The number of aliphatic hydroxyl groups is 1. The van der Waals surface area contributed by atoms with Gasteiger partial charge in [-0.3, -0.25) is 9.79 Å². The minimum atomic E-state index is -4.89. The molecule has 0 aromatic carbocycles. The summed E-state index contributed by atoms with van der Waals surface area (Å²) in [5.74, 6) is -0.138. The maximum Gasteiger partial charge on any atom is 0.424 e. The number of hydrogen-bond acceptors (Lipinski definition) is 4. The van der Waals surface area contributed by atoms with Crippen LogP contribution in [0.2, 0.25) is 0 Å². The van der Waals surface area contributed by atoms with Crippen molar-refractivity contribution >= 4 is 35.8 Å². The number of alkyl halides is 3. The fraction of sp³-hybridized carbons (Fsp3) is 0.750. The highest BCUT2D eigenvalue weighted by Gasteiger charge is 2.57. The van der Waals surface area contributed by atoms with Crippen molar-refractivity contribution < 1.29 is 23.1 Å². The lowest BCUT2D eigenvalue weighted by atomic mass is 9.85. The molecule has 3 N–H and O–H groups in total. The molecule has 1 aromatic rings. The van der Waals surface area contributed by atoms with Crippen LogP contribution >= 0.6 is 24.0 Å². The van der Waals surface area contributed by atoms with Gasteiger partial charge in [-0.2, -0.15) is 13.2 Å². The van der Waals surface area contributed by atoms with Crippen LogP contribution in [0.3, 0.4) is 0 Å². The average Bonchev–Trinajstić information content (AvgIpc) is 3.34. The Labute approximate surface area is 204 Å². The number of carbonyl (C=O) groups excluding carboxylic acids is 1. The molecule has 8 nitrogen and oxygen atoms in total. The molecule has 0 bridgehead atoms. The summed E-state index contributed by atoms with van der Waals surface area (Å²) in [6.45, 7) is 2.41. The van der Waals surface area contributed by atoms with E-state index in [-0.39, 0.29) is 43.0 Å². The molecule has 1 fully saturated rings. The van der Waals surface area contributed by atoms with Crippen LogP contribution in [0, 0.1) is 5.41 Å². The molecule has 184 valence electrons. The van der Waals surface area contributed by atoms with E-state index in [0.29, 0.717) is 12.5 Å². The van der Waals surface area contributed by atoms with E-state index in [0.717, 1.165) is 30.3 Å². The fourth-order valence-electron chi connectivity index (χ4n) is 4.04. The summed E-state index contributed by atoms with van der Waals surface area (Å²) in [5.41, 5.74) is -3.67. The number of carbonyl (C=O) groups is 1. The van der Waals surface area contributed by atoms with Crippen molar-refractivity contribution in [3.8, 4) is 0 Å². The smallest absolute Gasteiger partial charge is 0.374 e. The molecular weight excluding hydrogens is 540 g/mol. The highest BCUT2D eigenvalue weighted by molar-refractivity contribution is 14.0. The van der Waals surface area contributed by atoms with Gasteiger partial charge in [0.2, 0.25) is 11.5 Å². The van der Waals surface area contributed by atoms with Gasteiger partial charge in [0.1, 0.15) is 5.82 Å². The number of amides is 1. The Morgan fingerprint density at radius 1 is 1.31 bits per heavy atom. The number of aliphatic imine (C=N–C) groups is 1. The molecule has 0 aliphatic heterocycles. The largest absolute Gasteiger partial charge is 0.424 e. The molecule has 1 aliphatic carbocycles. The zero-order valence-electron chi connectivity index (χ0n) is 19.0. The van der Waals surface area contributed by atoms with Crippen molar-refractivity contribution in [3.05, 3.63) is 18.2 Å². The highest BCUT2D eigenvalue weighted by atomic mass is 127. The van der Waals surface area contributed by atoms with E-state index >= 15 is 0 Å². The van der Waals surface area contributed by atoms with Crippen LogP contribution in [0.5, 0.6) is 0 Å². The molecule has 1 atom stereocenters. The normalized spacial score (nSPS) is 17.9. The number of guanidine groups is 1. The lowest BCUT2D eigenvalue weighted by Crippen LogP contribution is -2.48. The number of aryl methyl sites for hydroxylation is 1. The van der Waals surface area contributed by atoms with Crippen LogP contribution in [0.15, 0.2) is 17.4 Å². The van der Waals surface area contributed by atoms with Gasteiger partial charge in [-0.1, -0.05) is 12.8 Å². The Morgan fingerprint density at radius 3 is 2.41 bits per heavy atom. The second-order valence-corrected chi connectivity index (χ2v) is 8.28. The molecule has 1 aliphatic rings. The van der Waals surface area contributed by atoms with Gasteiger partial charge in [-0.05, 0) is 19.8 Å². The predicted octanol–water partition coefficient (Wildman–Crippen LogP) is 2.38. The van der Waals surface area contributed by atoms with E-state index in [9.17, 15) is 23.1 Å². The van der Waals surface area contributed by atoms with E-state index < -0.39 is 29.4 Å². The second kappa shape index (κ2) is 11.5. The summed E-state index contributed by atoms with van der Waals surface area (Å²) in [6, 6.07) is 0. The summed E-state index contributed by atoms with van der Waals surface area (Å²) in [7, 11) is 4.83. The number of hydrogen-bond donors (Lipinski definition) is 3. The zero-order chi connectivity index (χ0) is 23.3. The summed E-state index contributed by atoms with van der Waals surface area (Å²) in [6.07, 6.45) is 0.396. The lowest BCUT2D eigenvalue weighted by Gasteiger charge is -2.30. The Bertz CT molecular complexity index is 778. The molecule has 1 saturated carbocycles. The highest BCUT2D eigenvalue weighted by Crippen LogP contribution is 2.41. The van der Waals surface area contributed by atoms with Crippen LogP contribution in [-0.4, -0.2) is 71.3 Å². The van der Waals surface area contributed by atoms with Gasteiger partial charge >= 0.3 is 6.18 Å². The van der Waals surface area contributed by atoms with Crippen LogP contribution in [-0.2, 0) is 17.4 Å². The summed E-state index contributed by atoms with van der Waals surface area (Å²) in [5, 5.41) is 16.3. The fourth-order valence-corrected chi connectivity index (χ4v) is 4.04. The summed E-state index contributed by atoms with van der Waals surface area (Å²) >= 11 is 0. The van der Waals surface area contributed by atoms with Crippen molar-refractivity contribution in [1.82, 2.24) is 25.1 Å². The topological polar surface area (TPSA) is 94.8 Å². The third-order valence-corrected chi connectivity index (χ3v) is 5.74. The van der Waals surface area contributed by atoms with Gasteiger partial charge < -0.3 is 25.2 Å². The Morgan fingerprint density at radius 2 is 1.94 bits per heavy atom. The first-order chi connectivity index (χ1) is 14.5. The molecule has 12 heteroatoms. The van der Waals surface area contributed by atoms with E-state index in [1.807, 2.05) is 6.92 Å². The number of nitrogens with one attached hydrogen (secondary N) is 2. The Hall–Kier alpha value is -1.57. The van der Waals surface area contributed by atoms with Gasteiger partial charge in [0.05, 0.1) is 12.0 Å². The van der Waals surface area contributed by atoms with Gasteiger partial charge in [-0.15, -0.1) is 24.0 Å². The van der Waals surface area contributed by atoms with E-state index in [1.54, 1.807) is 19.0 Å². The molecule has 0 saturated heterocycles. The van der Waals surface area contributed by atoms with Crippen molar-refractivity contribution in [2.24, 2.45) is 17.5 Å². The van der Waals surface area contributed by atoms with Crippen LogP contribution in [0.1, 0.15) is 44.9 Å². The number of rotatable bonds is 8. The molecule has 1 aromatic heterocycles. The van der Waals surface area contributed by atoms with Crippen LogP contribution in [0.4, 0.5) is 13.2 Å². The van der Waals surface area contributed by atoms with Crippen LogP contribution < -0.4 is 10.6 Å². The standard InChI is InChI=1S/C20H33F3N6O2.HI/c1-5-24-17(27-14-18(8-6-7-9-18)16(30)28(2)3)26-11-10-19(31,20(21,22)23)15-25-12-13-29(15)4;/h12-13,31H,5-11,14H2,1-4H3,(H2,24,26,27);1H. The number of aromatic nitrogens is 2. The number of halogens is 4. The van der Waals surface area contributed by atoms with Crippen LogP contribution in [0.25, 0.3) is 0 Å². The predicted molar refractivity (Wildman–Crippen MR) is 127 cm³/mol. The van der Waals surface area contributed by atoms with Gasteiger partial charge in [-0.25, -0.2) is 4.98 Å². The molecule has 1 unspecified atom stereocenters. The molecule has 1 amide bonds. The Kier molecular flexibility index (Phi) is 10.3. The number of imidazole rings is 1. The molecule has 0 radical (unpaired) electrons. The van der Waals surface area contributed by atoms with Crippen molar-refractivity contribution in [3.63, 3.8) is 0 Å². The zero-order valence-corrected chi connectivity index (χ0v) is 21.3. The minimum Gasteiger partial charge on any atom is -0.374 e. The second-order valence-electron chi connectivity index (χ2n) is 8.28. The summed E-state index contributed by atoms with van der Waals surface area (Å²) < 4.78 is 42.2. The monoisotopic (exact) mass is 574 g/mol. The molecule has 2 rings (SSSR count). The van der Waals surface area contributed by atoms with Gasteiger partial charge in [0.15, 0.2) is 5.96 Å². The molecular formula is C20H34F3IN6O2. The van der Waals surface area contributed by atoms with Crippen molar-refractivity contribution in [2.45, 2.75) is 50.8 Å². The number of nitrogens with zero attached hydrogens (tertiary/aromatic N) is 4. The van der Waals surface area contributed by atoms with Crippen molar-refractivity contribution in [2.75, 3.05) is 33.7 Å². The summed E-state index contributed by atoms with van der Waals surface area (Å²) in [4.78, 5) is 22.5. The molecule has 1 heterocycles. The Balaban J connectivity index is 0.00000512. The van der Waals surface area contributed by atoms with E-state index in [4.69, 9.17) is 0 Å². The first kappa shape index (κ1) is 28.5. The van der Waals surface area contributed by atoms with Gasteiger partial charge in [0.25, 0.3) is 0 Å². The maximum absolute atomic E-state index is 13.7. The van der Waals surface area contributed by atoms with E-state index in [2.05, 4.69) is 20.6 Å². The van der Waals surface area contributed by atoms with Crippen molar-refractivity contribution in [1.29, 1.82) is 0 Å².